The Balaban J connectivity index is 2.40. The van der Waals surface area contributed by atoms with Gasteiger partial charge in [0, 0.05) is 7.05 Å². The summed E-state index contributed by atoms with van der Waals surface area (Å²) in [6.07, 6.45) is 1.61. The molecule has 1 aliphatic rings. The number of nitrogens with zero attached hydrogens (tertiary/aromatic N) is 1. The van der Waals surface area contributed by atoms with Crippen molar-refractivity contribution in [3.63, 3.8) is 0 Å². The Bertz CT molecular complexity index is 630. The molecule has 0 N–H and O–H groups in total. The summed E-state index contributed by atoms with van der Waals surface area (Å²) in [5.74, 6) is 0.614. The van der Waals surface area contributed by atoms with Gasteiger partial charge in [-0.15, -0.1) is 0 Å². The Hall–Kier alpha value is -1.66. The number of carbonyl (C=O) groups is 2. The molecule has 7 heteroatoms. The maximum atomic E-state index is 11.9. The van der Waals surface area contributed by atoms with Crippen LogP contribution < -0.4 is 9.47 Å². The van der Waals surface area contributed by atoms with E-state index >= 15 is 0 Å². The van der Waals surface area contributed by atoms with E-state index in [2.05, 4.69) is 0 Å². The second-order valence-electron chi connectivity index (χ2n) is 4.21. The first-order valence-corrected chi connectivity index (χ1v) is 7.39. The molecule has 21 heavy (non-hydrogen) atoms. The van der Waals surface area contributed by atoms with Gasteiger partial charge in [0.2, 0.25) is 0 Å². The van der Waals surface area contributed by atoms with Gasteiger partial charge in [-0.2, -0.15) is 0 Å². The molecule has 0 atom stereocenters. The maximum absolute atomic E-state index is 11.9. The standard InChI is InChI=1S/C14H14ClNO4S/c1-4-20-12-9(15)5-8(6-10(12)19-3)7-11-13(17)16(2)14(18)21-11/h5-7H,4H2,1-3H3/b11-7-. The third-order valence-corrected chi connectivity index (χ3v) is 4.07. The number of halogens is 1. The molecular weight excluding hydrogens is 314 g/mol. The molecule has 0 aliphatic carbocycles. The van der Waals surface area contributed by atoms with Gasteiger partial charge in [-0.3, -0.25) is 14.5 Å². The highest BCUT2D eigenvalue weighted by atomic mass is 35.5. The van der Waals surface area contributed by atoms with Crippen molar-refractivity contribution in [1.29, 1.82) is 0 Å². The van der Waals surface area contributed by atoms with Gasteiger partial charge in [0.25, 0.3) is 11.1 Å². The topological polar surface area (TPSA) is 55.8 Å². The molecule has 0 spiro atoms. The van der Waals surface area contributed by atoms with Crippen LogP contribution in [0.1, 0.15) is 12.5 Å². The molecule has 112 valence electrons. The predicted octanol–water partition coefficient (Wildman–Crippen LogP) is 3.41. The fourth-order valence-corrected chi connectivity index (χ4v) is 2.91. The van der Waals surface area contributed by atoms with Gasteiger partial charge in [0.05, 0.1) is 23.6 Å². The van der Waals surface area contributed by atoms with E-state index in [-0.39, 0.29) is 11.1 Å². The molecule has 1 saturated heterocycles. The average molecular weight is 328 g/mol. The van der Waals surface area contributed by atoms with Crippen molar-refractivity contribution in [2.45, 2.75) is 6.92 Å². The number of carbonyl (C=O) groups excluding carboxylic acids is 2. The number of imide groups is 1. The summed E-state index contributed by atoms with van der Waals surface area (Å²) in [6.45, 7) is 2.31. The Morgan fingerprint density at radius 1 is 1.38 bits per heavy atom. The van der Waals surface area contributed by atoms with Gasteiger partial charge >= 0.3 is 0 Å². The summed E-state index contributed by atoms with van der Waals surface area (Å²) in [5.41, 5.74) is 0.666. The first-order valence-electron chi connectivity index (χ1n) is 6.19. The van der Waals surface area contributed by atoms with Crippen LogP contribution >= 0.6 is 23.4 Å². The van der Waals surface area contributed by atoms with Crippen LogP contribution in [-0.4, -0.2) is 36.8 Å². The second-order valence-corrected chi connectivity index (χ2v) is 5.61. The van der Waals surface area contributed by atoms with Crippen molar-refractivity contribution < 1.29 is 19.1 Å². The van der Waals surface area contributed by atoms with Crippen LogP contribution in [0.3, 0.4) is 0 Å². The summed E-state index contributed by atoms with van der Waals surface area (Å²) >= 11 is 7.06. The molecular formula is C14H14ClNO4S. The zero-order valence-corrected chi connectivity index (χ0v) is 13.4. The summed E-state index contributed by atoms with van der Waals surface area (Å²) in [7, 11) is 2.96. The van der Waals surface area contributed by atoms with Gasteiger partial charge in [-0.05, 0) is 42.5 Å². The van der Waals surface area contributed by atoms with Gasteiger partial charge in [0.15, 0.2) is 11.5 Å². The number of benzene rings is 1. The molecule has 5 nitrogen and oxygen atoms in total. The van der Waals surface area contributed by atoms with Crippen LogP contribution in [0.2, 0.25) is 5.02 Å². The first-order chi connectivity index (χ1) is 9.97. The van der Waals surface area contributed by atoms with E-state index in [1.807, 2.05) is 6.92 Å². The van der Waals surface area contributed by atoms with Crippen LogP contribution in [0, 0.1) is 0 Å². The zero-order valence-electron chi connectivity index (χ0n) is 11.8. The van der Waals surface area contributed by atoms with Crippen molar-refractivity contribution in [2.24, 2.45) is 0 Å². The lowest BCUT2D eigenvalue weighted by Gasteiger charge is -2.12. The number of methoxy groups -OCH3 is 1. The van der Waals surface area contributed by atoms with Crippen molar-refractivity contribution in [1.82, 2.24) is 4.90 Å². The molecule has 1 heterocycles. The molecule has 0 unspecified atom stereocenters. The minimum Gasteiger partial charge on any atom is -0.493 e. The van der Waals surface area contributed by atoms with Gasteiger partial charge < -0.3 is 9.47 Å². The summed E-state index contributed by atoms with van der Waals surface area (Å²) in [4.78, 5) is 24.8. The smallest absolute Gasteiger partial charge is 0.293 e. The molecule has 0 saturated carbocycles. The monoisotopic (exact) mass is 327 g/mol. The fourth-order valence-electron chi connectivity index (χ4n) is 1.80. The first kappa shape index (κ1) is 15.7. The second kappa shape index (κ2) is 6.41. The highest BCUT2D eigenvalue weighted by molar-refractivity contribution is 8.18. The minimum absolute atomic E-state index is 0.296. The number of hydrogen-bond acceptors (Lipinski definition) is 5. The number of rotatable bonds is 4. The van der Waals surface area contributed by atoms with E-state index in [1.54, 1.807) is 18.2 Å². The van der Waals surface area contributed by atoms with Crippen LogP contribution in [0.15, 0.2) is 17.0 Å². The number of hydrogen-bond donors (Lipinski definition) is 0. The molecule has 1 fully saturated rings. The molecule has 1 aliphatic heterocycles. The SMILES string of the molecule is CCOc1c(Cl)cc(/C=C2\SC(=O)N(C)C2=O)cc1OC. The summed E-state index contributed by atoms with van der Waals surface area (Å²) in [6, 6.07) is 3.37. The van der Waals surface area contributed by atoms with Crippen molar-refractivity contribution in [3.8, 4) is 11.5 Å². The van der Waals surface area contributed by atoms with Crippen molar-refractivity contribution in [2.75, 3.05) is 20.8 Å². The van der Waals surface area contributed by atoms with E-state index in [0.717, 1.165) is 16.7 Å². The Morgan fingerprint density at radius 2 is 2.10 bits per heavy atom. The third-order valence-electron chi connectivity index (χ3n) is 2.82. The van der Waals surface area contributed by atoms with E-state index in [1.165, 1.54) is 14.2 Å². The van der Waals surface area contributed by atoms with Crippen LogP contribution in [0.25, 0.3) is 6.08 Å². The lowest BCUT2D eigenvalue weighted by molar-refractivity contribution is -0.121. The maximum Gasteiger partial charge on any atom is 0.293 e. The zero-order chi connectivity index (χ0) is 15.6. The lowest BCUT2D eigenvalue weighted by Crippen LogP contribution is -2.22. The Kier molecular flexibility index (Phi) is 4.80. The van der Waals surface area contributed by atoms with Gasteiger partial charge in [-0.1, -0.05) is 11.6 Å². The van der Waals surface area contributed by atoms with Gasteiger partial charge in [0.1, 0.15) is 0 Å². The predicted molar refractivity (Wildman–Crippen MR) is 82.9 cm³/mol. The molecule has 1 aromatic rings. The molecule has 2 rings (SSSR count). The molecule has 0 bridgehead atoms. The molecule has 1 aromatic carbocycles. The fraction of sp³-hybridized carbons (Fsp3) is 0.286. The normalized spacial score (nSPS) is 16.8. The number of thioether (sulfide) groups is 1. The largest absolute Gasteiger partial charge is 0.493 e. The molecule has 0 radical (unpaired) electrons. The lowest BCUT2D eigenvalue weighted by atomic mass is 10.2. The van der Waals surface area contributed by atoms with E-state index in [4.69, 9.17) is 21.1 Å². The number of amides is 2. The molecule has 0 aromatic heterocycles. The Labute approximate surface area is 131 Å². The van der Waals surface area contributed by atoms with E-state index in [0.29, 0.717) is 33.6 Å². The highest BCUT2D eigenvalue weighted by Crippen LogP contribution is 2.38. The van der Waals surface area contributed by atoms with Crippen molar-refractivity contribution >= 4 is 40.6 Å². The van der Waals surface area contributed by atoms with Crippen LogP contribution in [-0.2, 0) is 4.79 Å². The summed E-state index contributed by atoms with van der Waals surface area (Å²) in [5, 5.41) is 0.0911. The highest BCUT2D eigenvalue weighted by Gasteiger charge is 2.31. The van der Waals surface area contributed by atoms with E-state index in [9.17, 15) is 9.59 Å². The van der Waals surface area contributed by atoms with Crippen molar-refractivity contribution in [3.05, 3.63) is 27.6 Å². The minimum atomic E-state index is -0.325. The Morgan fingerprint density at radius 3 is 2.62 bits per heavy atom. The quantitative estimate of drug-likeness (QED) is 0.793. The average Bonchev–Trinajstić information content (AvgIpc) is 2.69. The van der Waals surface area contributed by atoms with Crippen LogP contribution in [0.4, 0.5) is 4.79 Å². The van der Waals surface area contributed by atoms with Crippen LogP contribution in [0.5, 0.6) is 11.5 Å². The number of ether oxygens (including phenoxy) is 2. The third kappa shape index (κ3) is 3.16. The van der Waals surface area contributed by atoms with Gasteiger partial charge in [-0.25, -0.2) is 0 Å². The molecule has 2 amide bonds. The van der Waals surface area contributed by atoms with E-state index < -0.39 is 0 Å². The summed E-state index contributed by atoms with van der Waals surface area (Å²) < 4.78 is 10.7. The number of likely N-dealkylation sites (N-methyl/N-ethyl adjacent to an activating group) is 1.